The Labute approximate surface area is 149 Å². The van der Waals surface area contributed by atoms with Crippen molar-refractivity contribution in [2.75, 3.05) is 65.4 Å². The second kappa shape index (κ2) is 6.22. The second-order valence-electron chi connectivity index (χ2n) is 9.79. The molecule has 0 aromatic heterocycles. The lowest BCUT2D eigenvalue weighted by Crippen LogP contribution is -2.75. The predicted octanol–water partition coefficient (Wildman–Crippen LogP) is 1.61. The molecule has 0 amide bonds. The summed E-state index contributed by atoms with van der Waals surface area (Å²) in [5, 5.41) is 0. The maximum atomic E-state index is 2.72. The van der Waals surface area contributed by atoms with Gasteiger partial charge in [0.15, 0.2) is 0 Å². The topological polar surface area (TPSA) is 6.48 Å². The van der Waals surface area contributed by atoms with Crippen LogP contribution in [0.2, 0.25) is 0 Å². The molecule has 0 aromatic carbocycles. The molecule has 4 nitrogen and oxygen atoms in total. The molecule has 0 spiro atoms. The Kier molecular flexibility index (Phi) is 4.48. The summed E-state index contributed by atoms with van der Waals surface area (Å²) >= 11 is 0. The summed E-state index contributed by atoms with van der Waals surface area (Å²) in [5.41, 5.74) is 0. The number of hydrogen-bond donors (Lipinski definition) is 0. The lowest BCUT2D eigenvalue weighted by Gasteiger charge is -2.58. The molecule has 6 aliphatic heterocycles. The molecule has 8 atom stereocenters. The molecule has 8 unspecified atom stereocenters. The van der Waals surface area contributed by atoms with Gasteiger partial charge in [0.25, 0.3) is 0 Å². The standard InChI is InChI=1S/C20H40N4/c1-17-15-23(11-7-21(17)13-19(23)3)9-5-6-10-24-12-8-22(14-20(24)4)18(2)16-24/h17-20H,5-16H2,1-4H3/q+2. The Bertz CT molecular complexity index is 427. The third kappa shape index (κ3) is 2.74. The summed E-state index contributed by atoms with van der Waals surface area (Å²) in [4.78, 5) is 5.44. The zero-order chi connectivity index (χ0) is 16.9. The first kappa shape index (κ1) is 17.3. The Morgan fingerprint density at radius 2 is 1.12 bits per heavy atom. The van der Waals surface area contributed by atoms with Crippen molar-refractivity contribution < 1.29 is 8.97 Å². The van der Waals surface area contributed by atoms with Gasteiger partial charge in [0.2, 0.25) is 0 Å². The molecular weight excluding hydrogens is 296 g/mol. The summed E-state index contributed by atoms with van der Waals surface area (Å²) < 4.78 is 2.86. The first-order valence-corrected chi connectivity index (χ1v) is 10.6. The van der Waals surface area contributed by atoms with E-state index in [0.29, 0.717) is 0 Å². The monoisotopic (exact) mass is 336 g/mol. The minimum atomic E-state index is 0.813. The molecule has 4 bridgehead atoms. The van der Waals surface area contributed by atoms with Crippen LogP contribution in [0.15, 0.2) is 0 Å². The van der Waals surface area contributed by atoms with Gasteiger partial charge in [-0.1, -0.05) is 0 Å². The van der Waals surface area contributed by atoms with Crippen molar-refractivity contribution in [3.8, 4) is 0 Å². The molecule has 0 N–H and O–H groups in total. The van der Waals surface area contributed by atoms with Crippen molar-refractivity contribution in [3.63, 3.8) is 0 Å². The average molecular weight is 337 g/mol. The second-order valence-corrected chi connectivity index (χ2v) is 9.79. The number of nitrogens with zero attached hydrogens (tertiary/aromatic N) is 4. The highest BCUT2D eigenvalue weighted by molar-refractivity contribution is 4.83. The Morgan fingerprint density at radius 3 is 1.46 bits per heavy atom. The highest BCUT2D eigenvalue weighted by Gasteiger charge is 2.48. The van der Waals surface area contributed by atoms with Crippen molar-refractivity contribution in [2.24, 2.45) is 0 Å². The fourth-order valence-electron chi connectivity index (χ4n) is 6.63. The predicted molar refractivity (Wildman–Crippen MR) is 100.0 cm³/mol. The number of piperazine rings is 6. The molecule has 6 aliphatic rings. The molecule has 138 valence electrons. The van der Waals surface area contributed by atoms with E-state index in [0.717, 1.165) is 24.2 Å². The smallest absolute Gasteiger partial charge is 0.0991 e. The van der Waals surface area contributed by atoms with Crippen molar-refractivity contribution in [1.29, 1.82) is 0 Å². The Morgan fingerprint density at radius 1 is 0.708 bits per heavy atom. The molecule has 0 aromatic rings. The zero-order valence-corrected chi connectivity index (χ0v) is 16.6. The van der Waals surface area contributed by atoms with Gasteiger partial charge in [-0.2, -0.15) is 0 Å². The van der Waals surface area contributed by atoms with Crippen molar-refractivity contribution in [2.45, 2.75) is 64.7 Å². The van der Waals surface area contributed by atoms with Crippen LogP contribution in [-0.2, 0) is 0 Å². The fraction of sp³-hybridized carbons (Fsp3) is 1.00. The van der Waals surface area contributed by atoms with E-state index in [-0.39, 0.29) is 0 Å². The van der Waals surface area contributed by atoms with Crippen molar-refractivity contribution in [1.82, 2.24) is 9.80 Å². The maximum absolute atomic E-state index is 2.72. The van der Waals surface area contributed by atoms with Gasteiger partial charge in [-0.05, 0) is 27.7 Å². The molecule has 0 aliphatic carbocycles. The maximum Gasteiger partial charge on any atom is 0.0991 e. The summed E-state index contributed by atoms with van der Waals surface area (Å²) in [5.74, 6) is 0. The molecule has 4 heteroatoms. The number of hydrogen-bond acceptors (Lipinski definition) is 2. The molecule has 0 saturated carbocycles. The minimum absolute atomic E-state index is 0.813. The fourth-order valence-corrected chi connectivity index (χ4v) is 6.63. The van der Waals surface area contributed by atoms with Crippen molar-refractivity contribution in [3.05, 3.63) is 0 Å². The van der Waals surface area contributed by atoms with E-state index in [1.54, 1.807) is 0 Å². The van der Waals surface area contributed by atoms with Gasteiger partial charge >= 0.3 is 0 Å². The highest BCUT2D eigenvalue weighted by Crippen LogP contribution is 2.32. The van der Waals surface area contributed by atoms with E-state index in [1.165, 1.54) is 87.3 Å². The van der Waals surface area contributed by atoms with E-state index in [1.807, 2.05) is 0 Å². The Hall–Kier alpha value is -0.160. The van der Waals surface area contributed by atoms with Gasteiger partial charge in [0.1, 0.15) is 0 Å². The first-order chi connectivity index (χ1) is 11.4. The first-order valence-electron chi connectivity index (χ1n) is 10.6. The van der Waals surface area contributed by atoms with E-state index in [9.17, 15) is 0 Å². The third-order valence-corrected chi connectivity index (χ3v) is 8.49. The minimum Gasteiger partial charge on any atom is -0.318 e. The van der Waals surface area contributed by atoms with E-state index >= 15 is 0 Å². The molecule has 6 saturated heterocycles. The van der Waals surface area contributed by atoms with Crippen LogP contribution in [0.1, 0.15) is 40.5 Å². The van der Waals surface area contributed by atoms with E-state index in [2.05, 4.69) is 37.5 Å². The number of unbranched alkanes of at least 4 members (excludes halogenated alkanes) is 1. The van der Waals surface area contributed by atoms with Crippen LogP contribution in [0, 0.1) is 0 Å². The van der Waals surface area contributed by atoms with E-state index in [4.69, 9.17) is 0 Å². The van der Waals surface area contributed by atoms with Gasteiger partial charge in [-0.3, -0.25) is 9.80 Å². The molecule has 6 heterocycles. The SMILES string of the molecule is CC1C[N+]2(CCCC[N+]34CCN(CC3C)C(C)C4)CCN1CC2C. The summed E-state index contributed by atoms with van der Waals surface area (Å²) in [6.45, 7) is 23.8. The molecule has 24 heavy (non-hydrogen) atoms. The molecule has 0 radical (unpaired) electrons. The number of rotatable bonds is 5. The number of quaternary nitrogens is 2. The summed E-state index contributed by atoms with van der Waals surface area (Å²) in [6.07, 6.45) is 2.89. The lowest BCUT2D eigenvalue weighted by atomic mass is 9.96. The third-order valence-electron chi connectivity index (χ3n) is 8.49. The van der Waals surface area contributed by atoms with Crippen LogP contribution in [0.4, 0.5) is 0 Å². The highest BCUT2D eigenvalue weighted by atomic mass is 15.5. The molecule has 6 rings (SSSR count). The van der Waals surface area contributed by atoms with Gasteiger partial charge in [-0.25, -0.2) is 0 Å². The van der Waals surface area contributed by atoms with Gasteiger partial charge in [-0.15, -0.1) is 0 Å². The summed E-state index contributed by atoms with van der Waals surface area (Å²) in [6, 6.07) is 3.35. The molecular formula is C20H40N4+2. The van der Waals surface area contributed by atoms with Crippen LogP contribution in [-0.4, -0.2) is 108 Å². The average Bonchev–Trinajstić information content (AvgIpc) is 2.55. The largest absolute Gasteiger partial charge is 0.318 e. The van der Waals surface area contributed by atoms with Crippen molar-refractivity contribution >= 4 is 0 Å². The van der Waals surface area contributed by atoms with Crippen LogP contribution in [0.5, 0.6) is 0 Å². The normalized spacial score (nSPS) is 53.5. The van der Waals surface area contributed by atoms with Gasteiger partial charge in [0, 0.05) is 25.9 Å². The Balaban J connectivity index is 1.31. The lowest BCUT2D eigenvalue weighted by molar-refractivity contribution is -0.971. The van der Waals surface area contributed by atoms with Gasteiger partial charge in [0.05, 0.1) is 76.5 Å². The van der Waals surface area contributed by atoms with Crippen LogP contribution in [0.3, 0.4) is 0 Å². The quantitative estimate of drug-likeness (QED) is 0.556. The van der Waals surface area contributed by atoms with Crippen LogP contribution < -0.4 is 0 Å². The van der Waals surface area contributed by atoms with Crippen LogP contribution >= 0.6 is 0 Å². The van der Waals surface area contributed by atoms with Gasteiger partial charge < -0.3 is 8.97 Å². The molecule has 6 fully saturated rings. The van der Waals surface area contributed by atoms with Crippen LogP contribution in [0.25, 0.3) is 0 Å². The van der Waals surface area contributed by atoms with E-state index < -0.39 is 0 Å². The zero-order valence-electron chi connectivity index (χ0n) is 16.6. The number of fused-ring (bicyclic) bond motifs is 6. The summed E-state index contributed by atoms with van der Waals surface area (Å²) in [7, 11) is 0.